The molecule has 7 nitrogen and oxygen atoms in total. The molecule has 0 aliphatic carbocycles. The van der Waals surface area contributed by atoms with Gasteiger partial charge in [-0.05, 0) is 32.9 Å². The molecule has 0 saturated heterocycles. The highest BCUT2D eigenvalue weighted by Crippen LogP contribution is 2.25. The fourth-order valence-electron chi connectivity index (χ4n) is 2.44. The molecule has 0 bridgehead atoms. The Kier molecular flexibility index (Phi) is 4.47. The van der Waals surface area contributed by atoms with E-state index in [1.54, 1.807) is 18.5 Å². The van der Waals surface area contributed by atoms with Crippen LogP contribution >= 0.6 is 0 Å². The summed E-state index contributed by atoms with van der Waals surface area (Å²) in [6.45, 7) is 5.80. The zero-order valence-electron chi connectivity index (χ0n) is 14.3. The summed E-state index contributed by atoms with van der Waals surface area (Å²) in [7, 11) is 0. The lowest BCUT2D eigenvalue weighted by Gasteiger charge is -2.11. The zero-order valence-corrected chi connectivity index (χ0v) is 14.3. The number of amides is 1. The van der Waals surface area contributed by atoms with Crippen LogP contribution in [0.15, 0.2) is 30.6 Å². The van der Waals surface area contributed by atoms with Gasteiger partial charge in [0.1, 0.15) is 5.52 Å². The number of primary amides is 1. The van der Waals surface area contributed by atoms with Gasteiger partial charge in [0.15, 0.2) is 5.65 Å². The van der Waals surface area contributed by atoms with Crippen LogP contribution in [0.2, 0.25) is 0 Å². The zero-order chi connectivity index (χ0) is 18.0. The summed E-state index contributed by atoms with van der Waals surface area (Å²) in [5.74, 6) is 0.0357. The second-order valence-corrected chi connectivity index (χ2v) is 5.93. The maximum absolute atomic E-state index is 11.0. The second kappa shape index (κ2) is 6.72. The molecule has 0 aliphatic rings. The highest BCUT2D eigenvalue weighted by Gasteiger charge is 2.10. The van der Waals surface area contributed by atoms with Gasteiger partial charge >= 0.3 is 0 Å². The molecule has 0 radical (unpaired) electrons. The lowest BCUT2D eigenvalue weighted by atomic mass is 10.1. The predicted molar refractivity (Wildman–Crippen MR) is 95.8 cm³/mol. The smallest absolute Gasteiger partial charge is 0.241 e. The van der Waals surface area contributed by atoms with Crippen LogP contribution < -0.4 is 10.5 Å². The van der Waals surface area contributed by atoms with Crippen molar-refractivity contribution in [3.05, 3.63) is 41.9 Å². The number of rotatable bonds is 5. The number of carbonyl (C=O) groups excluding carboxylic acids is 1. The van der Waals surface area contributed by atoms with Crippen molar-refractivity contribution >= 4 is 23.1 Å². The van der Waals surface area contributed by atoms with Crippen LogP contribution in [0.1, 0.15) is 25.1 Å². The van der Waals surface area contributed by atoms with Gasteiger partial charge < -0.3 is 15.5 Å². The van der Waals surface area contributed by atoms with Gasteiger partial charge in [0, 0.05) is 35.2 Å². The lowest BCUT2D eigenvalue weighted by Crippen LogP contribution is -2.07. The van der Waals surface area contributed by atoms with Crippen molar-refractivity contribution < 1.29 is 9.53 Å². The summed E-state index contributed by atoms with van der Waals surface area (Å²) in [6.07, 6.45) is 6.37. The van der Waals surface area contributed by atoms with E-state index in [4.69, 9.17) is 10.5 Å². The van der Waals surface area contributed by atoms with E-state index in [1.807, 2.05) is 32.9 Å². The lowest BCUT2D eigenvalue weighted by molar-refractivity contribution is -0.113. The molecule has 0 fully saturated rings. The molecule has 3 rings (SSSR count). The molecule has 3 aromatic rings. The molecule has 3 aromatic heterocycles. The Hall–Kier alpha value is -3.22. The summed E-state index contributed by atoms with van der Waals surface area (Å²) < 4.78 is 5.69. The van der Waals surface area contributed by atoms with Gasteiger partial charge in [-0.1, -0.05) is 0 Å². The van der Waals surface area contributed by atoms with E-state index in [9.17, 15) is 4.79 Å². The first-order valence-corrected chi connectivity index (χ1v) is 7.89. The Balaban J connectivity index is 2.05. The van der Waals surface area contributed by atoms with Gasteiger partial charge in [0.05, 0.1) is 18.0 Å². The maximum atomic E-state index is 11.0. The van der Waals surface area contributed by atoms with Crippen molar-refractivity contribution in [2.24, 2.45) is 5.73 Å². The molecule has 1 amide bonds. The number of nitrogens with one attached hydrogen (secondary N) is 1. The van der Waals surface area contributed by atoms with E-state index in [-0.39, 0.29) is 6.10 Å². The number of aromatic amines is 1. The van der Waals surface area contributed by atoms with E-state index >= 15 is 0 Å². The molecule has 0 saturated carbocycles. The third-order valence-corrected chi connectivity index (χ3v) is 3.42. The first kappa shape index (κ1) is 16.6. The molecule has 3 N–H and O–H groups in total. The van der Waals surface area contributed by atoms with Crippen LogP contribution in [0.4, 0.5) is 0 Å². The molecule has 7 heteroatoms. The number of carbonyl (C=O) groups is 1. The number of H-pyrrole nitrogens is 1. The molecule has 3 heterocycles. The van der Waals surface area contributed by atoms with Crippen LogP contribution in [0.5, 0.6) is 5.88 Å². The molecule has 128 valence electrons. The Morgan fingerprint density at radius 2 is 2.12 bits per heavy atom. The van der Waals surface area contributed by atoms with Gasteiger partial charge in [-0.3, -0.25) is 4.79 Å². The van der Waals surface area contributed by atoms with Crippen LogP contribution in [0.3, 0.4) is 0 Å². The molecule has 0 aromatic carbocycles. The normalized spacial score (nSPS) is 11.5. The van der Waals surface area contributed by atoms with E-state index in [0.717, 1.165) is 16.8 Å². The molecule has 25 heavy (non-hydrogen) atoms. The summed E-state index contributed by atoms with van der Waals surface area (Å²) in [5.41, 5.74) is 9.59. The summed E-state index contributed by atoms with van der Waals surface area (Å²) in [4.78, 5) is 27.4. The number of hydrogen-bond donors (Lipinski definition) is 2. The fraction of sp³-hybridized carbons (Fsp3) is 0.222. The predicted octanol–water partition coefficient (Wildman–Crippen LogP) is 2.61. The number of fused-ring (bicyclic) bond motifs is 1. The first-order valence-electron chi connectivity index (χ1n) is 7.89. The van der Waals surface area contributed by atoms with Crippen LogP contribution in [-0.4, -0.2) is 31.9 Å². The Morgan fingerprint density at radius 1 is 1.32 bits per heavy atom. The number of nitrogens with two attached hydrogens (primary N) is 1. The van der Waals surface area contributed by atoms with Crippen LogP contribution in [0, 0.1) is 6.92 Å². The number of aromatic nitrogens is 4. The van der Waals surface area contributed by atoms with E-state index < -0.39 is 5.91 Å². The standard InChI is InChI=1S/C18H19N5O2/c1-10(2)25-16-7-13(6-11(3)22-16)14-9-21-18-17(23-14)12(8-20-18)4-5-15(19)24/h4-10H,1-3H3,(H2,19,24)(H,20,21)/b5-4+. The third-order valence-electron chi connectivity index (χ3n) is 3.42. The second-order valence-electron chi connectivity index (χ2n) is 5.93. The van der Waals surface area contributed by atoms with Crippen molar-refractivity contribution in [2.75, 3.05) is 0 Å². The number of hydrogen-bond acceptors (Lipinski definition) is 5. The van der Waals surface area contributed by atoms with Gasteiger partial charge in [0.2, 0.25) is 11.8 Å². The Bertz CT molecular complexity index is 959. The van der Waals surface area contributed by atoms with E-state index in [1.165, 1.54) is 6.08 Å². The Labute approximate surface area is 145 Å². The average molecular weight is 337 g/mol. The third kappa shape index (κ3) is 3.82. The minimum absolute atomic E-state index is 0.0333. The molecule has 0 unspecified atom stereocenters. The monoisotopic (exact) mass is 337 g/mol. The summed E-state index contributed by atoms with van der Waals surface area (Å²) in [6, 6.07) is 3.77. The molecule has 0 atom stereocenters. The summed E-state index contributed by atoms with van der Waals surface area (Å²) in [5, 5.41) is 0. The van der Waals surface area contributed by atoms with Crippen molar-refractivity contribution in [1.82, 2.24) is 19.9 Å². The van der Waals surface area contributed by atoms with Crippen molar-refractivity contribution in [1.29, 1.82) is 0 Å². The SMILES string of the molecule is Cc1cc(-c2cnc3[nH]cc(/C=C/C(N)=O)c3n2)cc(OC(C)C)n1. The quantitative estimate of drug-likeness (QED) is 0.696. The van der Waals surface area contributed by atoms with Gasteiger partial charge in [-0.25, -0.2) is 15.0 Å². The largest absolute Gasteiger partial charge is 0.475 e. The Morgan fingerprint density at radius 3 is 2.84 bits per heavy atom. The van der Waals surface area contributed by atoms with Gasteiger partial charge in [-0.15, -0.1) is 0 Å². The summed E-state index contributed by atoms with van der Waals surface area (Å²) >= 11 is 0. The number of nitrogens with zero attached hydrogens (tertiary/aromatic N) is 3. The topological polar surface area (TPSA) is 107 Å². The number of pyridine rings is 1. The first-order chi connectivity index (χ1) is 11.9. The minimum atomic E-state index is -0.515. The van der Waals surface area contributed by atoms with E-state index in [2.05, 4.69) is 19.9 Å². The highest BCUT2D eigenvalue weighted by molar-refractivity contribution is 5.93. The highest BCUT2D eigenvalue weighted by atomic mass is 16.5. The molecule has 0 aliphatic heterocycles. The van der Waals surface area contributed by atoms with Crippen LogP contribution in [0.25, 0.3) is 28.5 Å². The fourth-order valence-corrected chi connectivity index (χ4v) is 2.44. The molecular formula is C18H19N5O2. The van der Waals surface area contributed by atoms with Crippen molar-refractivity contribution in [2.45, 2.75) is 26.9 Å². The maximum Gasteiger partial charge on any atom is 0.241 e. The molecular weight excluding hydrogens is 318 g/mol. The minimum Gasteiger partial charge on any atom is -0.475 e. The van der Waals surface area contributed by atoms with Crippen molar-refractivity contribution in [3.63, 3.8) is 0 Å². The van der Waals surface area contributed by atoms with Gasteiger partial charge in [-0.2, -0.15) is 0 Å². The average Bonchev–Trinajstić information content (AvgIpc) is 2.94. The number of ether oxygens (including phenoxy) is 1. The van der Waals surface area contributed by atoms with Crippen molar-refractivity contribution in [3.8, 4) is 17.1 Å². The van der Waals surface area contributed by atoms with E-state index in [0.29, 0.717) is 22.7 Å². The molecule has 0 spiro atoms. The number of aryl methyl sites for hydroxylation is 1. The van der Waals surface area contributed by atoms with Crippen LogP contribution in [-0.2, 0) is 4.79 Å². The van der Waals surface area contributed by atoms with Gasteiger partial charge in [0.25, 0.3) is 0 Å².